The summed E-state index contributed by atoms with van der Waals surface area (Å²) in [4.78, 5) is 12.7. The van der Waals surface area contributed by atoms with E-state index in [4.69, 9.17) is 4.42 Å². The van der Waals surface area contributed by atoms with E-state index in [-0.39, 0.29) is 24.0 Å². The van der Waals surface area contributed by atoms with Crippen LogP contribution in [-0.2, 0) is 11.2 Å². The number of carbonyl (C=O) groups excluding carboxylic acids is 1. The predicted molar refractivity (Wildman–Crippen MR) is 111 cm³/mol. The molecule has 0 saturated carbocycles. The number of hydrogen-bond acceptors (Lipinski definition) is 4. The lowest BCUT2D eigenvalue weighted by Gasteiger charge is -2.16. The Labute approximate surface area is 173 Å². The molecule has 3 aromatic carbocycles. The molecule has 0 aliphatic rings. The summed E-state index contributed by atoms with van der Waals surface area (Å²) in [5.74, 6) is 0.0230. The van der Waals surface area contributed by atoms with Gasteiger partial charge in [0.05, 0.1) is 6.42 Å². The minimum atomic E-state index is -0.687. The largest absolute Gasteiger partial charge is 0.418 e. The molecule has 0 radical (unpaired) electrons. The first-order valence-electron chi connectivity index (χ1n) is 9.58. The first-order valence-corrected chi connectivity index (χ1v) is 9.58. The highest BCUT2D eigenvalue weighted by molar-refractivity contribution is 5.79. The molecule has 4 aromatic rings. The standard InChI is InChI=1S/C24H20FN3O2/c1-16-7-9-17(10-8-16)15-21(29)26-22(18-11-13-20(25)14-12-18)24-28-27-23(30-24)19-5-3-2-4-6-19/h2-14,22H,15H2,1H3,(H,26,29)/t22-/m1/s1. The number of nitrogens with one attached hydrogen (secondary N) is 1. The quantitative estimate of drug-likeness (QED) is 0.511. The zero-order chi connectivity index (χ0) is 20.9. The molecule has 0 aliphatic heterocycles. The van der Waals surface area contributed by atoms with Crippen LogP contribution in [0.1, 0.15) is 28.6 Å². The lowest BCUT2D eigenvalue weighted by Crippen LogP contribution is -2.30. The third-order valence-electron chi connectivity index (χ3n) is 4.70. The normalized spacial score (nSPS) is 11.8. The van der Waals surface area contributed by atoms with Crippen molar-refractivity contribution in [2.75, 3.05) is 0 Å². The van der Waals surface area contributed by atoms with Gasteiger partial charge >= 0.3 is 0 Å². The molecule has 0 bridgehead atoms. The Kier molecular flexibility index (Phi) is 5.66. The van der Waals surface area contributed by atoms with E-state index >= 15 is 0 Å². The van der Waals surface area contributed by atoms with Gasteiger partial charge in [-0.3, -0.25) is 4.79 Å². The molecule has 0 fully saturated rings. The predicted octanol–water partition coefficient (Wildman–Crippen LogP) is 4.63. The Morgan fingerprint density at radius 1 is 0.967 bits per heavy atom. The number of amides is 1. The number of aromatic nitrogens is 2. The van der Waals surface area contributed by atoms with Crippen LogP contribution in [-0.4, -0.2) is 16.1 Å². The van der Waals surface area contributed by atoms with E-state index in [2.05, 4.69) is 15.5 Å². The summed E-state index contributed by atoms with van der Waals surface area (Å²) in [6.45, 7) is 1.99. The highest BCUT2D eigenvalue weighted by Crippen LogP contribution is 2.25. The van der Waals surface area contributed by atoms with E-state index in [9.17, 15) is 9.18 Å². The minimum absolute atomic E-state index is 0.201. The molecule has 0 saturated heterocycles. The van der Waals surface area contributed by atoms with Crippen LogP contribution < -0.4 is 5.32 Å². The summed E-state index contributed by atoms with van der Waals surface area (Å²) in [6.07, 6.45) is 0.206. The molecule has 4 rings (SSSR count). The van der Waals surface area contributed by atoms with Crippen molar-refractivity contribution in [1.29, 1.82) is 0 Å². The zero-order valence-corrected chi connectivity index (χ0v) is 16.4. The van der Waals surface area contributed by atoms with E-state index in [1.165, 1.54) is 12.1 Å². The van der Waals surface area contributed by atoms with E-state index < -0.39 is 6.04 Å². The van der Waals surface area contributed by atoms with Crippen LogP contribution in [0.5, 0.6) is 0 Å². The maximum atomic E-state index is 13.4. The topological polar surface area (TPSA) is 68.0 Å². The number of hydrogen-bond donors (Lipinski definition) is 1. The van der Waals surface area contributed by atoms with Crippen molar-refractivity contribution >= 4 is 5.91 Å². The molecule has 6 heteroatoms. The van der Waals surface area contributed by atoms with Crippen LogP contribution >= 0.6 is 0 Å². The molecule has 0 spiro atoms. The molecular formula is C24H20FN3O2. The fourth-order valence-electron chi connectivity index (χ4n) is 3.09. The van der Waals surface area contributed by atoms with Gasteiger partial charge in [-0.15, -0.1) is 10.2 Å². The minimum Gasteiger partial charge on any atom is -0.418 e. The molecule has 1 aromatic heterocycles. The summed E-state index contributed by atoms with van der Waals surface area (Å²) >= 11 is 0. The van der Waals surface area contributed by atoms with Crippen LogP contribution in [0.15, 0.2) is 83.3 Å². The van der Waals surface area contributed by atoms with Crippen molar-refractivity contribution in [2.24, 2.45) is 0 Å². The number of aryl methyl sites for hydroxylation is 1. The van der Waals surface area contributed by atoms with Gasteiger partial charge in [0.1, 0.15) is 11.9 Å². The molecule has 1 N–H and O–H groups in total. The summed E-state index contributed by atoms with van der Waals surface area (Å²) in [5, 5.41) is 11.2. The highest BCUT2D eigenvalue weighted by atomic mass is 19.1. The summed E-state index contributed by atoms with van der Waals surface area (Å²) in [7, 11) is 0. The summed E-state index contributed by atoms with van der Waals surface area (Å²) in [6, 6.07) is 22.3. The summed E-state index contributed by atoms with van der Waals surface area (Å²) in [5.41, 5.74) is 3.45. The Morgan fingerprint density at radius 2 is 1.67 bits per heavy atom. The Bertz CT molecular complexity index is 1120. The second-order valence-electron chi connectivity index (χ2n) is 7.03. The van der Waals surface area contributed by atoms with E-state index in [1.54, 1.807) is 12.1 Å². The van der Waals surface area contributed by atoms with Crippen molar-refractivity contribution in [2.45, 2.75) is 19.4 Å². The third kappa shape index (κ3) is 4.60. The summed E-state index contributed by atoms with van der Waals surface area (Å²) < 4.78 is 19.3. The van der Waals surface area contributed by atoms with Gasteiger partial charge in [0.25, 0.3) is 0 Å². The number of benzene rings is 3. The van der Waals surface area contributed by atoms with Crippen LogP contribution in [0.4, 0.5) is 4.39 Å². The third-order valence-corrected chi connectivity index (χ3v) is 4.70. The lowest BCUT2D eigenvalue weighted by molar-refractivity contribution is -0.121. The molecule has 150 valence electrons. The molecule has 5 nitrogen and oxygen atoms in total. The van der Waals surface area contributed by atoms with Crippen LogP contribution in [0, 0.1) is 12.7 Å². The Hall–Kier alpha value is -3.80. The number of nitrogens with zero attached hydrogens (tertiary/aromatic N) is 2. The van der Waals surface area contributed by atoms with Gasteiger partial charge in [0, 0.05) is 5.56 Å². The van der Waals surface area contributed by atoms with Crippen molar-refractivity contribution < 1.29 is 13.6 Å². The number of rotatable bonds is 6. The maximum absolute atomic E-state index is 13.4. The molecule has 0 aliphatic carbocycles. The average molecular weight is 401 g/mol. The number of carbonyl (C=O) groups is 1. The van der Waals surface area contributed by atoms with Gasteiger partial charge in [-0.2, -0.15) is 0 Å². The van der Waals surface area contributed by atoms with Gasteiger partial charge < -0.3 is 9.73 Å². The second kappa shape index (κ2) is 8.69. The van der Waals surface area contributed by atoms with Crippen molar-refractivity contribution in [3.63, 3.8) is 0 Å². The van der Waals surface area contributed by atoms with Crippen molar-refractivity contribution in [3.05, 3.63) is 107 Å². The number of halogens is 1. The fourth-order valence-corrected chi connectivity index (χ4v) is 3.09. The van der Waals surface area contributed by atoms with Gasteiger partial charge in [-0.1, -0.05) is 60.2 Å². The molecule has 0 unspecified atom stereocenters. The van der Waals surface area contributed by atoms with Gasteiger partial charge in [-0.25, -0.2) is 4.39 Å². The fraction of sp³-hybridized carbons (Fsp3) is 0.125. The van der Waals surface area contributed by atoms with Crippen molar-refractivity contribution in [3.8, 4) is 11.5 Å². The van der Waals surface area contributed by atoms with Crippen molar-refractivity contribution in [1.82, 2.24) is 15.5 Å². The molecule has 30 heavy (non-hydrogen) atoms. The smallest absolute Gasteiger partial charge is 0.247 e. The van der Waals surface area contributed by atoms with E-state index in [0.29, 0.717) is 11.5 Å². The second-order valence-corrected chi connectivity index (χ2v) is 7.03. The maximum Gasteiger partial charge on any atom is 0.247 e. The van der Waals surface area contributed by atoms with Crippen LogP contribution in [0.3, 0.4) is 0 Å². The first-order chi connectivity index (χ1) is 14.6. The zero-order valence-electron chi connectivity index (χ0n) is 16.4. The Balaban J connectivity index is 1.60. The monoisotopic (exact) mass is 401 g/mol. The molecule has 1 heterocycles. The first kappa shape index (κ1) is 19.5. The van der Waals surface area contributed by atoms with E-state index in [1.807, 2.05) is 61.5 Å². The molecular weight excluding hydrogens is 381 g/mol. The van der Waals surface area contributed by atoms with E-state index in [0.717, 1.165) is 16.7 Å². The van der Waals surface area contributed by atoms with Crippen LogP contribution in [0.25, 0.3) is 11.5 Å². The average Bonchev–Trinajstić information content (AvgIpc) is 3.25. The highest BCUT2D eigenvalue weighted by Gasteiger charge is 2.23. The lowest BCUT2D eigenvalue weighted by atomic mass is 10.1. The molecule has 1 amide bonds. The van der Waals surface area contributed by atoms with Gasteiger partial charge in [-0.05, 0) is 42.3 Å². The SMILES string of the molecule is Cc1ccc(CC(=O)N[C@H](c2ccc(F)cc2)c2nnc(-c3ccccc3)o2)cc1. The van der Waals surface area contributed by atoms with Gasteiger partial charge in [0.15, 0.2) is 0 Å². The van der Waals surface area contributed by atoms with Crippen LogP contribution in [0.2, 0.25) is 0 Å². The van der Waals surface area contributed by atoms with Gasteiger partial charge in [0.2, 0.25) is 17.7 Å². The Morgan fingerprint density at radius 3 is 2.37 bits per heavy atom. The molecule has 1 atom stereocenters.